The second-order valence-corrected chi connectivity index (χ2v) is 9.99. The molecular weight excluding hydrogens is 418 g/mol. The number of thiophene rings is 1. The van der Waals surface area contributed by atoms with E-state index in [-0.39, 0.29) is 24.2 Å². The molecule has 1 amide bonds. The Labute approximate surface area is 180 Å². The molecule has 0 fully saturated rings. The van der Waals surface area contributed by atoms with Gasteiger partial charge in [0.2, 0.25) is 0 Å². The van der Waals surface area contributed by atoms with Gasteiger partial charge in [-0.3, -0.25) is 4.79 Å². The van der Waals surface area contributed by atoms with Gasteiger partial charge in [0.1, 0.15) is 5.84 Å². The van der Waals surface area contributed by atoms with E-state index in [2.05, 4.69) is 40.9 Å². The third-order valence-corrected chi connectivity index (χ3v) is 7.14. The average molecular weight is 442 g/mol. The molecule has 3 heterocycles. The van der Waals surface area contributed by atoms with E-state index in [0.29, 0.717) is 11.4 Å². The van der Waals surface area contributed by atoms with Gasteiger partial charge >= 0.3 is 0 Å². The molecule has 0 radical (unpaired) electrons. The molecule has 156 valence electrons. The lowest BCUT2D eigenvalue weighted by Crippen LogP contribution is -2.38. The van der Waals surface area contributed by atoms with Gasteiger partial charge < -0.3 is 10.2 Å². The molecule has 2 aliphatic heterocycles. The number of nitrogens with one attached hydrogen (secondary N) is 1. The second-order valence-electron chi connectivity index (χ2n) is 7.26. The third-order valence-electron chi connectivity index (χ3n) is 5.04. The van der Waals surface area contributed by atoms with Crippen molar-refractivity contribution in [3.8, 4) is 0 Å². The molecule has 4 rings (SSSR count). The van der Waals surface area contributed by atoms with E-state index in [4.69, 9.17) is 0 Å². The van der Waals surface area contributed by atoms with Crippen molar-refractivity contribution < 1.29 is 13.2 Å². The Hall–Kier alpha value is -2.71. The monoisotopic (exact) mass is 441 g/mol. The number of sulfonamides is 1. The molecule has 0 saturated heterocycles. The summed E-state index contributed by atoms with van der Waals surface area (Å²) in [6, 6.07) is 12.1. The summed E-state index contributed by atoms with van der Waals surface area (Å²) < 4.78 is 27.1. The minimum absolute atomic E-state index is 0.0579. The van der Waals surface area contributed by atoms with Gasteiger partial charge in [-0.15, -0.1) is 15.7 Å². The predicted octanol–water partition coefficient (Wildman–Crippen LogP) is 3.40. The number of hydrogen-bond donors (Lipinski definition) is 1. The molecule has 0 bridgehead atoms. The summed E-state index contributed by atoms with van der Waals surface area (Å²) >= 11 is 1.60. The topological polar surface area (TPSA) is 78.8 Å². The van der Waals surface area contributed by atoms with Crippen LogP contribution in [-0.4, -0.2) is 37.4 Å². The third kappa shape index (κ3) is 4.55. The Morgan fingerprint density at radius 1 is 1.23 bits per heavy atom. The highest BCUT2D eigenvalue weighted by atomic mass is 32.2. The van der Waals surface area contributed by atoms with Crippen LogP contribution in [0.3, 0.4) is 0 Å². The Kier molecular flexibility index (Phi) is 5.87. The van der Waals surface area contributed by atoms with E-state index in [1.165, 1.54) is 5.56 Å². The van der Waals surface area contributed by atoms with Crippen molar-refractivity contribution in [3.05, 3.63) is 81.7 Å². The summed E-state index contributed by atoms with van der Waals surface area (Å²) in [6.07, 6.45) is 6.97. The van der Waals surface area contributed by atoms with Crippen LogP contribution in [0.5, 0.6) is 0 Å². The summed E-state index contributed by atoms with van der Waals surface area (Å²) in [7, 11) is -3.42. The number of carbonyl (C=O) groups excluding carboxylic acids is 1. The lowest BCUT2D eigenvalue weighted by molar-refractivity contribution is -0.117. The lowest BCUT2D eigenvalue weighted by Gasteiger charge is -2.27. The van der Waals surface area contributed by atoms with Crippen LogP contribution >= 0.6 is 11.3 Å². The molecule has 6 nitrogen and oxygen atoms in total. The van der Waals surface area contributed by atoms with E-state index >= 15 is 0 Å². The number of aryl methyl sites for hydroxylation is 1. The van der Waals surface area contributed by atoms with Gasteiger partial charge in [-0.25, -0.2) is 8.42 Å². The highest BCUT2D eigenvalue weighted by Gasteiger charge is 2.26. The Morgan fingerprint density at radius 3 is 2.73 bits per heavy atom. The first-order valence-corrected chi connectivity index (χ1v) is 12.4. The Bertz CT molecular complexity index is 1110. The summed E-state index contributed by atoms with van der Waals surface area (Å²) in [5.74, 6) is 0.0754. The zero-order valence-corrected chi connectivity index (χ0v) is 18.2. The molecule has 1 N–H and O–H groups in total. The molecule has 1 aromatic carbocycles. The van der Waals surface area contributed by atoms with Gasteiger partial charge in [0, 0.05) is 17.6 Å². The summed E-state index contributed by atoms with van der Waals surface area (Å²) in [6.45, 7) is 2.44. The van der Waals surface area contributed by atoms with Crippen molar-refractivity contribution in [1.29, 1.82) is 0 Å². The van der Waals surface area contributed by atoms with Crippen LogP contribution in [0, 0.1) is 0 Å². The molecular formula is C22H23N3O3S2. The number of rotatable bonds is 6. The Balaban J connectivity index is 1.56. The number of fused-ring (bicyclic) bond motifs is 1. The van der Waals surface area contributed by atoms with Gasteiger partial charge in [0.25, 0.3) is 15.9 Å². The van der Waals surface area contributed by atoms with E-state index in [9.17, 15) is 13.2 Å². The highest BCUT2D eigenvalue weighted by molar-refractivity contribution is 7.90. The van der Waals surface area contributed by atoms with Crippen LogP contribution in [0.25, 0.3) is 0 Å². The standard InChI is InChI=1S/C22H23N3O3S2/c1-2-4-16-6-8-17(9-7-16)21(19-5-3-13-29-19)23-22(26)18-10-11-20-24-30(27,28)14-12-25(20)15-18/h3,5-11,13,15,21H,2,4,12,14H2,1H3,(H,23,26). The molecule has 8 heteroatoms. The van der Waals surface area contributed by atoms with Crippen LogP contribution in [0.2, 0.25) is 0 Å². The molecule has 2 aromatic rings. The van der Waals surface area contributed by atoms with Gasteiger partial charge in [-0.1, -0.05) is 43.7 Å². The molecule has 1 unspecified atom stereocenters. The van der Waals surface area contributed by atoms with Gasteiger partial charge in [0.05, 0.1) is 17.4 Å². The maximum Gasteiger partial charge on any atom is 0.256 e. The smallest absolute Gasteiger partial charge is 0.256 e. The quantitative estimate of drug-likeness (QED) is 0.745. The number of amidine groups is 1. The number of benzene rings is 1. The highest BCUT2D eigenvalue weighted by Crippen LogP contribution is 2.27. The summed E-state index contributed by atoms with van der Waals surface area (Å²) in [5.41, 5.74) is 2.78. The normalized spacial score (nSPS) is 18.2. The predicted molar refractivity (Wildman–Crippen MR) is 120 cm³/mol. The van der Waals surface area contributed by atoms with E-state index < -0.39 is 10.0 Å². The maximum absolute atomic E-state index is 13.0. The van der Waals surface area contributed by atoms with E-state index in [1.54, 1.807) is 34.6 Å². The minimum Gasteiger partial charge on any atom is -0.340 e. The number of amides is 1. The first-order valence-electron chi connectivity index (χ1n) is 9.87. The fourth-order valence-electron chi connectivity index (χ4n) is 3.49. The van der Waals surface area contributed by atoms with Crippen LogP contribution < -0.4 is 5.32 Å². The van der Waals surface area contributed by atoms with Crippen molar-refractivity contribution in [2.75, 3.05) is 12.3 Å². The van der Waals surface area contributed by atoms with Gasteiger partial charge in [-0.2, -0.15) is 0 Å². The van der Waals surface area contributed by atoms with E-state index in [1.807, 2.05) is 17.5 Å². The summed E-state index contributed by atoms with van der Waals surface area (Å²) in [5, 5.41) is 5.13. The van der Waals surface area contributed by atoms with Crippen molar-refractivity contribution in [2.45, 2.75) is 25.8 Å². The zero-order valence-electron chi connectivity index (χ0n) is 16.6. The molecule has 0 aliphatic carbocycles. The average Bonchev–Trinajstić information content (AvgIpc) is 3.26. The van der Waals surface area contributed by atoms with Crippen molar-refractivity contribution in [3.63, 3.8) is 0 Å². The zero-order chi connectivity index (χ0) is 21.1. The van der Waals surface area contributed by atoms with Crippen LogP contribution in [-0.2, 0) is 21.2 Å². The second kappa shape index (κ2) is 8.57. The van der Waals surface area contributed by atoms with E-state index in [0.717, 1.165) is 23.3 Å². The van der Waals surface area contributed by atoms with Gasteiger partial charge in [-0.05, 0) is 41.1 Å². The van der Waals surface area contributed by atoms with Crippen molar-refractivity contribution in [2.24, 2.45) is 4.40 Å². The Morgan fingerprint density at radius 2 is 2.03 bits per heavy atom. The van der Waals surface area contributed by atoms with Crippen LogP contribution in [0.15, 0.2) is 70.1 Å². The fraction of sp³-hybridized carbons (Fsp3) is 0.273. The first kappa shape index (κ1) is 20.6. The molecule has 0 spiro atoms. The molecule has 0 saturated carbocycles. The van der Waals surface area contributed by atoms with Crippen LogP contribution in [0.4, 0.5) is 0 Å². The van der Waals surface area contributed by atoms with Crippen molar-refractivity contribution in [1.82, 2.24) is 10.2 Å². The van der Waals surface area contributed by atoms with Crippen molar-refractivity contribution >= 4 is 33.1 Å². The maximum atomic E-state index is 13.0. The van der Waals surface area contributed by atoms with Gasteiger partial charge in [0.15, 0.2) is 0 Å². The molecule has 2 aliphatic rings. The number of nitrogens with zero attached hydrogens (tertiary/aromatic N) is 2. The van der Waals surface area contributed by atoms with Crippen LogP contribution in [0.1, 0.15) is 35.4 Å². The molecule has 30 heavy (non-hydrogen) atoms. The largest absolute Gasteiger partial charge is 0.340 e. The number of hydrogen-bond acceptors (Lipinski definition) is 5. The fourth-order valence-corrected chi connectivity index (χ4v) is 5.26. The first-order chi connectivity index (χ1) is 14.4. The summed E-state index contributed by atoms with van der Waals surface area (Å²) in [4.78, 5) is 15.8. The minimum atomic E-state index is -3.42. The molecule has 1 aromatic heterocycles. The number of carbonyl (C=O) groups is 1. The SMILES string of the molecule is CCCc1ccc(C(NC(=O)C2=CN3CCS(=O)(=O)N=C3C=C2)c2cccs2)cc1. The molecule has 1 atom stereocenters. The lowest BCUT2D eigenvalue weighted by atomic mass is 10.0.